The van der Waals surface area contributed by atoms with Gasteiger partial charge in [0.2, 0.25) is 0 Å². The highest BCUT2D eigenvalue weighted by Gasteiger charge is 2.25. The van der Waals surface area contributed by atoms with Crippen molar-refractivity contribution in [2.24, 2.45) is 11.8 Å². The summed E-state index contributed by atoms with van der Waals surface area (Å²) in [6, 6.07) is 0. The van der Waals surface area contributed by atoms with E-state index < -0.39 is 0 Å². The lowest BCUT2D eigenvalue weighted by atomic mass is 9.95. The van der Waals surface area contributed by atoms with Gasteiger partial charge in [0, 0.05) is 6.42 Å². The van der Waals surface area contributed by atoms with Crippen LogP contribution in [0.3, 0.4) is 0 Å². The standard InChI is InChI=1S/C8H15NO2.ClH/c1-6-4-9-5-7(6)3-8(10)11-2;/h6-7,9H,3-5H2,1-2H3;1H. The minimum Gasteiger partial charge on any atom is -0.469 e. The van der Waals surface area contributed by atoms with Gasteiger partial charge in [0.1, 0.15) is 0 Å². The largest absolute Gasteiger partial charge is 0.469 e. The third kappa shape index (κ3) is 2.99. The highest BCUT2D eigenvalue weighted by molar-refractivity contribution is 5.85. The molecule has 0 saturated carbocycles. The van der Waals surface area contributed by atoms with Crippen LogP contribution in [0.1, 0.15) is 13.3 Å². The monoisotopic (exact) mass is 193 g/mol. The first-order chi connectivity index (χ1) is 5.24. The lowest BCUT2D eigenvalue weighted by Gasteiger charge is -2.11. The van der Waals surface area contributed by atoms with Gasteiger partial charge in [-0.2, -0.15) is 0 Å². The second-order valence-electron chi connectivity index (χ2n) is 3.18. The summed E-state index contributed by atoms with van der Waals surface area (Å²) in [5.74, 6) is 0.988. The highest BCUT2D eigenvalue weighted by Crippen LogP contribution is 2.19. The van der Waals surface area contributed by atoms with E-state index in [2.05, 4.69) is 17.0 Å². The number of ether oxygens (including phenoxy) is 1. The molecular formula is C8H16ClNO2. The molecule has 2 unspecified atom stereocenters. The molecule has 0 radical (unpaired) electrons. The Bertz CT molecular complexity index is 152. The van der Waals surface area contributed by atoms with E-state index in [9.17, 15) is 4.79 Å². The molecule has 0 aromatic rings. The second-order valence-corrected chi connectivity index (χ2v) is 3.18. The normalized spacial score (nSPS) is 27.8. The van der Waals surface area contributed by atoms with Gasteiger partial charge in [-0.25, -0.2) is 0 Å². The molecule has 4 heteroatoms. The average molecular weight is 194 g/mol. The Balaban J connectivity index is 0.00000121. The summed E-state index contributed by atoms with van der Waals surface area (Å²) < 4.78 is 4.59. The first-order valence-electron chi connectivity index (χ1n) is 4.01. The van der Waals surface area contributed by atoms with E-state index in [4.69, 9.17) is 0 Å². The molecule has 1 heterocycles. The average Bonchev–Trinajstić information content (AvgIpc) is 2.37. The van der Waals surface area contributed by atoms with Gasteiger partial charge < -0.3 is 10.1 Å². The molecule has 0 aromatic heterocycles. The summed E-state index contributed by atoms with van der Waals surface area (Å²) in [6.07, 6.45) is 0.560. The molecule has 1 N–H and O–H groups in total. The summed E-state index contributed by atoms with van der Waals surface area (Å²) in [6.45, 7) is 4.14. The molecule has 1 aliphatic rings. The van der Waals surface area contributed by atoms with Gasteiger partial charge in [-0.3, -0.25) is 4.79 Å². The maximum atomic E-state index is 10.9. The zero-order valence-corrected chi connectivity index (χ0v) is 8.32. The maximum Gasteiger partial charge on any atom is 0.305 e. The van der Waals surface area contributed by atoms with Gasteiger partial charge in [-0.05, 0) is 24.9 Å². The van der Waals surface area contributed by atoms with Crippen molar-refractivity contribution < 1.29 is 9.53 Å². The van der Waals surface area contributed by atoms with Crippen molar-refractivity contribution in [3.8, 4) is 0 Å². The van der Waals surface area contributed by atoms with E-state index in [0.717, 1.165) is 13.1 Å². The maximum absolute atomic E-state index is 10.9. The number of carbonyl (C=O) groups is 1. The molecule has 1 saturated heterocycles. The van der Waals surface area contributed by atoms with Crippen molar-refractivity contribution in [3.05, 3.63) is 0 Å². The lowest BCUT2D eigenvalue weighted by molar-refractivity contribution is -0.141. The van der Waals surface area contributed by atoms with Crippen molar-refractivity contribution in [1.29, 1.82) is 0 Å². The van der Waals surface area contributed by atoms with Crippen LogP contribution >= 0.6 is 12.4 Å². The first kappa shape index (κ1) is 11.7. The number of hydrogen-bond donors (Lipinski definition) is 1. The highest BCUT2D eigenvalue weighted by atomic mass is 35.5. The number of nitrogens with one attached hydrogen (secondary N) is 1. The van der Waals surface area contributed by atoms with Gasteiger partial charge >= 0.3 is 5.97 Å². The molecule has 12 heavy (non-hydrogen) atoms. The van der Waals surface area contributed by atoms with E-state index in [-0.39, 0.29) is 18.4 Å². The van der Waals surface area contributed by atoms with Gasteiger partial charge in [0.05, 0.1) is 7.11 Å². The summed E-state index contributed by atoms with van der Waals surface area (Å²) in [5, 5.41) is 3.24. The Kier molecular flexibility index (Phi) is 5.25. The molecule has 3 nitrogen and oxygen atoms in total. The number of hydrogen-bond acceptors (Lipinski definition) is 3. The van der Waals surface area contributed by atoms with E-state index in [0.29, 0.717) is 18.3 Å². The van der Waals surface area contributed by atoms with Crippen LogP contribution in [-0.2, 0) is 9.53 Å². The fraction of sp³-hybridized carbons (Fsp3) is 0.875. The van der Waals surface area contributed by atoms with Crippen LogP contribution in [0.5, 0.6) is 0 Å². The number of carbonyl (C=O) groups excluding carboxylic acids is 1. The molecule has 1 fully saturated rings. The zero-order chi connectivity index (χ0) is 8.27. The van der Waals surface area contributed by atoms with Crippen LogP contribution in [0.4, 0.5) is 0 Å². The summed E-state index contributed by atoms with van der Waals surface area (Å²) in [5.41, 5.74) is 0. The fourth-order valence-electron chi connectivity index (χ4n) is 1.44. The molecule has 1 aliphatic heterocycles. The van der Waals surface area contributed by atoms with E-state index in [1.165, 1.54) is 7.11 Å². The minimum atomic E-state index is -0.0921. The minimum absolute atomic E-state index is 0. The van der Waals surface area contributed by atoms with Crippen LogP contribution in [0.15, 0.2) is 0 Å². The van der Waals surface area contributed by atoms with Crippen molar-refractivity contribution in [2.45, 2.75) is 13.3 Å². The van der Waals surface area contributed by atoms with Crippen LogP contribution < -0.4 is 5.32 Å². The Morgan fingerprint density at radius 2 is 2.25 bits per heavy atom. The van der Waals surface area contributed by atoms with Crippen LogP contribution in [0.25, 0.3) is 0 Å². The summed E-state index contributed by atoms with van der Waals surface area (Å²) in [7, 11) is 1.44. The van der Waals surface area contributed by atoms with E-state index in [1.807, 2.05) is 0 Å². The van der Waals surface area contributed by atoms with Crippen molar-refractivity contribution in [3.63, 3.8) is 0 Å². The number of esters is 1. The quantitative estimate of drug-likeness (QED) is 0.661. The molecule has 0 aromatic carbocycles. The Morgan fingerprint density at radius 3 is 2.67 bits per heavy atom. The topological polar surface area (TPSA) is 38.3 Å². The number of rotatable bonds is 2. The first-order valence-corrected chi connectivity index (χ1v) is 4.01. The van der Waals surface area contributed by atoms with E-state index in [1.54, 1.807) is 0 Å². The van der Waals surface area contributed by atoms with Gasteiger partial charge in [-0.15, -0.1) is 12.4 Å². The molecule has 0 spiro atoms. The van der Waals surface area contributed by atoms with Crippen LogP contribution in [0, 0.1) is 11.8 Å². The molecule has 2 atom stereocenters. The van der Waals surface area contributed by atoms with Gasteiger partial charge in [0.15, 0.2) is 0 Å². The SMILES string of the molecule is COC(=O)CC1CNCC1C.Cl. The second kappa shape index (κ2) is 5.38. The lowest BCUT2D eigenvalue weighted by Crippen LogP contribution is -2.15. The van der Waals surface area contributed by atoms with Crippen molar-refractivity contribution in [1.82, 2.24) is 5.32 Å². The predicted molar refractivity (Wildman–Crippen MR) is 49.4 cm³/mol. The molecule has 0 amide bonds. The van der Waals surface area contributed by atoms with Gasteiger partial charge in [0.25, 0.3) is 0 Å². The molecule has 72 valence electrons. The summed E-state index contributed by atoms with van der Waals surface area (Å²) in [4.78, 5) is 10.9. The number of halogens is 1. The number of methoxy groups -OCH3 is 1. The Hall–Kier alpha value is -0.280. The fourth-order valence-corrected chi connectivity index (χ4v) is 1.44. The van der Waals surface area contributed by atoms with Crippen molar-refractivity contribution >= 4 is 18.4 Å². The van der Waals surface area contributed by atoms with Crippen LogP contribution in [-0.4, -0.2) is 26.2 Å². The summed E-state index contributed by atoms with van der Waals surface area (Å²) >= 11 is 0. The Morgan fingerprint density at radius 1 is 1.58 bits per heavy atom. The van der Waals surface area contributed by atoms with Crippen molar-refractivity contribution in [2.75, 3.05) is 20.2 Å². The Labute approximate surface area is 79.3 Å². The van der Waals surface area contributed by atoms with E-state index >= 15 is 0 Å². The third-order valence-corrected chi connectivity index (χ3v) is 2.33. The molecule has 0 aliphatic carbocycles. The third-order valence-electron chi connectivity index (χ3n) is 2.33. The molecule has 0 bridgehead atoms. The smallest absolute Gasteiger partial charge is 0.305 e. The predicted octanol–water partition coefficient (Wildman–Crippen LogP) is 0.827. The van der Waals surface area contributed by atoms with Crippen LogP contribution in [0.2, 0.25) is 0 Å². The van der Waals surface area contributed by atoms with Gasteiger partial charge in [-0.1, -0.05) is 6.92 Å². The molecule has 1 rings (SSSR count). The molecular weight excluding hydrogens is 178 g/mol. The zero-order valence-electron chi connectivity index (χ0n) is 7.50.